The highest BCUT2D eigenvalue weighted by Crippen LogP contribution is 2.28. The number of nitrogens with one attached hydrogen (secondary N) is 1. The van der Waals surface area contributed by atoms with Crippen LogP contribution in [0.3, 0.4) is 0 Å². The quantitative estimate of drug-likeness (QED) is 0.641. The van der Waals surface area contributed by atoms with E-state index < -0.39 is 5.97 Å². The van der Waals surface area contributed by atoms with Gasteiger partial charge in [0.1, 0.15) is 0 Å². The normalized spacial score (nSPS) is 11.4. The molecule has 3 rings (SSSR count). The van der Waals surface area contributed by atoms with Crippen molar-refractivity contribution < 1.29 is 14.3 Å². The van der Waals surface area contributed by atoms with Crippen molar-refractivity contribution in [1.82, 2.24) is 10.3 Å². The molecule has 0 radical (unpaired) electrons. The van der Waals surface area contributed by atoms with Crippen LogP contribution in [0.4, 0.5) is 0 Å². The number of fused-ring (bicyclic) bond motifs is 1. The zero-order valence-electron chi connectivity index (χ0n) is 15.6. The van der Waals surface area contributed by atoms with E-state index in [4.69, 9.17) is 4.74 Å². The van der Waals surface area contributed by atoms with E-state index in [0.717, 1.165) is 11.3 Å². The number of hydrogen-bond donors (Lipinski definition) is 1. The van der Waals surface area contributed by atoms with Crippen LogP contribution in [0.15, 0.2) is 47.8 Å². The smallest absolute Gasteiger partial charge is 0.339 e. The minimum atomic E-state index is -0.532. The summed E-state index contributed by atoms with van der Waals surface area (Å²) in [5.41, 5.74) is 1.50. The van der Waals surface area contributed by atoms with Gasteiger partial charge in [-0.25, -0.2) is 9.78 Å². The summed E-state index contributed by atoms with van der Waals surface area (Å²) in [6.07, 6.45) is 0.784. The molecule has 0 atom stereocenters. The molecule has 1 N–H and O–H groups in total. The predicted molar refractivity (Wildman–Crippen MR) is 108 cm³/mol. The average Bonchev–Trinajstić information content (AvgIpc) is 3.19. The van der Waals surface area contributed by atoms with Gasteiger partial charge in [0.25, 0.3) is 5.91 Å². The summed E-state index contributed by atoms with van der Waals surface area (Å²) < 4.78 is 5.29. The molecule has 1 aromatic carbocycles. The Morgan fingerprint density at radius 1 is 1.19 bits per heavy atom. The van der Waals surface area contributed by atoms with Gasteiger partial charge in [-0.3, -0.25) is 4.79 Å². The third-order valence-corrected chi connectivity index (χ3v) is 5.30. The zero-order valence-corrected chi connectivity index (χ0v) is 16.4. The molecule has 0 saturated carbocycles. The number of rotatable bonds is 6. The lowest BCUT2D eigenvalue weighted by molar-refractivity contribution is -0.125. The van der Waals surface area contributed by atoms with Gasteiger partial charge in [0.05, 0.1) is 21.7 Å². The van der Waals surface area contributed by atoms with Crippen LogP contribution in [0.25, 0.3) is 21.5 Å². The van der Waals surface area contributed by atoms with Crippen LogP contribution in [0, 0.1) is 0 Å². The third kappa shape index (κ3) is 4.52. The van der Waals surface area contributed by atoms with Crippen molar-refractivity contribution in [2.24, 2.45) is 0 Å². The Labute approximate surface area is 162 Å². The second kappa shape index (κ2) is 7.88. The Morgan fingerprint density at radius 2 is 1.96 bits per heavy atom. The number of hydrogen-bond acceptors (Lipinski definition) is 5. The van der Waals surface area contributed by atoms with Crippen LogP contribution in [0.2, 0.25) is 0 Å². The lowest BCUT2D eigenvalue weighted by Crippen LogP contribution is -2.44. The molecule has 0 unspecified atom stereocenters. The molecule has 3 aromatic rings. The predicted octanol–water partition coefficient (Wildman–Crippen LogP) is 4.42. The van der Waals surface area contributed by atoms with E-state index in [1.54, 1.807) is 17.4 Å². The van der Waals surface area contributed by atoms with Gasteiger partial charge in [-0.1, -0.05) is 31.2 Å². The Hall–Kier alpha value is -2.73. The number of carbonyl (C=O) groups is 2. The van der Waals surface area contributed by atoms with Gasteiger partial charge in [-0.15, -0.1) is 11.3 Å². The summed E-state index contributed by atoms with van der Waals surface area (Å²) in [6.45, 7) is 5.53. The van der Waals surface area contributed by atoms with Crippen molar-refractivity contribution in [2.75, 3.05) is 6.61 Å². The maximum Gasteiger partial charge on any atom is 0.339 e. The molecule has 0 bridgehead atoms. The first-order chi connectivity index (χ1) is 12.9. The lowest BCUT2D eigenvalue weighted by atomic mass is 10.0. The summed E-state index contributed by atoms with van der Waals surface area (Å²) in [5.74, 6) is -0.845. The number of esters is 1. The fourth-order valence-corrected chi connectivity index (χ4v) is 3.29. The molecule has 0 fully saturated rings. The van der Waals surface area contributed by atoms with Crippen LogP contribution >= 0.6 is 11.3 Å². The third-order valence-electron chi connectivity index (χ3n) is 4.41. The Morgan fingerprint density at radius 3 is 2.67 bits per heavy atom. The van der Waals surface area contributed by atoms with Crippen molar-refractivity contribution in [1.29, 1.82) is 0 Å². The highest BCUT2D eigenvalue weighted by Gasteiger charge is 2.20. The first-order valence-electron chi connectivity index (χ1n) is 8.81. The number of amides is 1. The van der Waals surface area contributed by atoms with Crippen molar-refractivity contribution in [3.63, 3.8) is 0 Å². The Balaban J connectivity index is 1.84. The van der Waals surface area contributed by atoms with Crippen molar-refractivity contribution in [2.45, 2.75) is 32.7 Å². The number of ether oxygens (including phenoxy) is 1. The molecule has 27 heavy (non-hydrogen) atoms. The molecular formula is C21H22N2O3S. The van der Waals surface area contributed by atoms with E-state index in [9.17, 15) is 9.59 Å². The number of para-hydroxylation sites is 1. The number of carbonyl (C=O) groups excluding carboxylic acids is 2. The lowest BCUT2D eigenvalue weighted by Gasteiger charge is -2.24. The van der Waals surface area contributed by atoms with Crippen LogP contribution in [0.5, 0.6) is 0 Å². The Bertz CT molecular complexity index is 965. The second-order valence-electron chi connectivity index (χ2n) is 6.91. The fraction of sp³-hybridized carbons (Fsp3) is 0.286. The van der Waals surface area contributed by atoms with Crippen molar-refractivity contribution in [3.8, 4) is 10.6 Å². The first kappa shape index (κ1) is 19.0. The van der Waals surface area contributed by atoms with E-state index in [2.05, 4.69) is 10.3 Å². The van der Waals surface area contributed by atoms with Gasteiger partial charge in [-0.2, -0.15) is 0 Å². The van der Waals surface area contributed by atoms with E-state index in [1.165, 1.54) is 0 Å². The summed E-state index contributed by atoms with van der Waals surface area (Å²) >= 11 is 1.55. The molecule has 0 aliphatic carbocycles. The molecular weight excluding hydrogens is 360 g/mol. The number of nitrogens with zero attached hydrogens (tertiary/aromatic N) is 1. The van der Waals surface area contributed by atoms with Gasteiger partial charge in [-0.05, 0) is 43.8 Å². The van der Waals surface area contributed by atoms with Gasteiger partial charge in [0.15, 0.2) is 6.61 Å². The number of pyridine rings is 1. The molecule has 0 saturated heterocycles. The Kier molecular flexibility index (Phi) is 5.56. The molecule has 0 aliphatic rings. The second-order valence-corrected chi connectivity index (χ2v) is 7.86. The largest absolute Gasteiger partial charge is 0.452 e. The fourth-order valence-electron chi connectivity index (χ4n) is 2.61. The van der Waals surface area contributed by atoms with E-state index in [0.29, 0.717) is 22.2 Å². The minimum Gasteiger partial charge on any atom is -0.452 e. The molecule has 2 heterocycles. The summed E-state index contributed by atoms with van der Waals surface area (Å²) in [5, 5.41) is 5.52. The molecule has 140 valence electrons. The summed E-state index contributed by atoms with van der Waals surface area (Å²) in [6, 6.07) is 13.0. The van der Waals surface area contributed by atoms with Gasteiger partial charge in [0, 0.05) is 10.9 Å². The minimum absolute atomic E-state index is 0.312. The summed E-state index contributed by atoms with van der Waals surface area (Å²) in [4.78, 5) is 30.4. The SMILES string of the molecule is CCC(C)(C)NC(=O)COC(=O)c1cc(-c2cccs2)nc2ccccc12. The first-order valence-corrected chi connectivity index (χ1v) is 9.69. The maximum atomic E-state index is 12.7. The highest BCUT2D eigenvalue weighted by molar-refractivity contribution is 7.13. The van der Waals surface area contributed by atoms with Gasteiger partial charge in [0.2, 0.25) is 0 Å². The van der Waals surface area contributed by atoms with Crippen molar-refractivity contribution >= 4 is 34.1 Å². The van der Waals surface area contributed by atoms with Crippen LogP contribution in [-0.2, 0) is 9.53 Å². The highest BCUT2D eigenvalue weighted by atomic mass is 32.1. The van der Waals surface area contributed by atoms with Crippen LogP contribution in [0.1, 0.15) is 37.6 Å². The number of benzene rings is 1. The maximum absolute atomic E-state index is 12.7. The van der Waals surface area contributed by atoms with E-state index in [-0.39, 0.29) is 18.1 Å². The zero-order chi connectivity index (χ0) is 19.4. The average molecular weight is 382 g/mol. The molecule has 1 amide bonds. The van der Waals surface area contributed by atoms with Crippen LogP contribution < -0.4 is 5.32 Å². The monoisotopic (exact) mass is 382 g/mol. The summed E-state index contributed by atoms with van der Waals surface area (Å²) in [7, 11) is 0. The molecule has 6 heteroatoms. The topological polar surface area (TPSA) is 68.3 Å². The standard InChI is InChI=1S/C21H22N2O3S/c1-4-21(2,3)23-19(24)13-26-20(25)15-12-17(18-10-7-11-27-18)22-16-9-6-5-8-14(15)16/h5-12H,4,13H2,1-3H3,(H,23,24). The van der Waals surface area contributed by atoms with Gasteiger partial charge < -0.3 is 10.1 Å². The van der Waals surface area contributed by atoms with E-state index in [1.807, 2.05) is 62.5 Å². The number of aromatic nitrogens is 1. The molecule has 5 nitrogen and oxygen atoms in total. The number of thiophene rings is 1. The molecule has 0 aliphatic heterocycles. The van der Waals surface area contributed by atoms with Crippen molar-refractivity contribution in [3.05, 3.63) is 53.4 Å². The van der Waals surface area contributed by atoms with E-state index >= 15 is 0 Å². The molecule has 0 spiro atoms. The van der Waals surface area contributed by atoms with Crippen LogP contribution in [-0.4, -0.2) is 29.0 Å². The van der Waals surface area contributed by atoms with Gasteiger partial charge >= 0.3 is 5.97 Å². The molecule has 2 aromatic heterocycles.